The number of aryl methyl sites for hydroxylation is 1. The lowest BCUT2D eigenvalue weighted by Crippen LogP contribution is -1.90. The zero-order valence-corrected chi connectivity index (χ0v) is 8.27. The molecule has 0 saturated heterocycles. The molecule has 2 rings (SSSR count). The summed E-state index contributed by atoms with van der Waals surface area (Å²) in [5, 5.41) is 0. The summed E-state index contributed by atoms with van der Waals surface area (Å²) < 4.78 is 0. The minimum atomic E-state index is 0.489. The Balaban J connectivity index is 2.49. The van der Waals surface area contributed by atoms with Crippen LogP contribution in [0.2, 0.25) is 0 Å². The summed E-state index contributed by atoms with van der Waals surface area (Å²) in [6.07, 6.45) is 5.14. The van der Waals surface area contributed by atoms with Crippen LogP contribution < -0.4 is 0 Å². The summed E-state index contributed by atoms with van der Waals surface area (Å²) >= 11 is 0. The Morgan fingerprint density at radius 2 is 1.73 bits per heavy atom. The third kappa shape index (κ3) is 2.07. The Labute approximate surface area is 87.8 Å². The van der Waals surface area contributed by atoms with E-state index in [1.165, 1.54) is 0 Å². The molecule has 73 valence electrons. The van der Waals surface area contributed by atoms with Gasteiger partial charge in [0, 0.05) is 18.0 Å². The fourth-order valence-corrected chi connectivity index (χ4v) is 1.31. The molecule has 0 aliphatic carbocycles. The van der Waals surface area contributed by atoms with Gasteiger partial charge < -0.3 is 0 Å². The van der Waals surface area contributed by atoms with Crippen LogP contribution in [-0.4, -0.2) is 16.3 Å². The van der Waals surface area contributed by atoms with Crippen molar-refractivity contribution in [2.24, 2.45) is 0 Å². The third-order valence-electron chi connectivity index (χ3n) is 2.06. The number of rotatable bonds is 2. The molecular formula is C12H9N2O. The number of hydrogen-bond donors (Lipinski definition) is 0. The van der Waals surface area contributed by atoms with Crippen molar-refractivity contribution in [1.29, 1.82) is 0 Å². The predicted molar refractivity (Wildman–Crippen MR) is 57.0 cm³/mol. The molecule has 0 amide bonds. The van der Waals surface area contributed by atoms with Crippen LogP contribution >= 0.6 is 0 Å². The smallest absolute Gasteiger partial charge is 0.233 e. The van der Waals surface area contributed by atoms with E-state index < -0.39 is 0 Å². The number of carbonyl (C=O) groups excluding carboxylic acids is 1. The van der Waals surface area contributed by atoms with Crippen molar-refractivity contribution in [3.8, 4) is 11.4 Å². The fourth-order valence-electron chi connectivity index (χ4n) is 1.31. The lowest BCUT2D eigenvalue weighted by molar-refractivity contribution is 0.562. The Hall–Kier alpha value is -2.03. The van der Waals surface area contributed by atoms with Crippen LogP contribution in [0.1, 0.15) is 11.1 Å². The first-order chi connectivity index (χ1) is 7.29. The van der Waals surface area contributed by atoms with E-state index in [1.54, 1.807) is 24.5 Å². The standard InChI is InChI=1S/C12H9N2O/c1-9-2-4-13-11(6-9)12-7-10(8-15)3-5-14-12/h2-7H,1H3. The first-order valence-corrected chi connectivity index (χ1v) is 4.57. The van der Waals surface area contributed by atoms with Gasteiger partial charge in [-0.3, -0.25) is 14.8 Å². The Bertz CT molecular complexity index is 494. The lowest BCUT2D eigenvalue weighted by Gasteiger charge is -2.00. The van der Waals surface area contributed by atoms with Crippen LogP contribution in [0.3, 0.4) is 0 Å². The van der Waals surface area contributed by atoms with E-state index in [9.17, 15) is 4.79 Å². The molecule has 0 spiro atoms. The Morgan fingerprint density at radius 3 is 2.40 bits per heavy atom. The second kappa shape index (κ2) is 4.00. The maximum absolute atomic E-state index is 10.5. The second-order valence-corrected chi connectivity index (χ2v) is 3.25. The highest BCUT2D eigenvalue weighted by molar-refractivity contribution is 5.77. The third-order valence-corrected chi connectivity index (χ3v) is 2.06. The molecule has 0 aromatic carbocycles. The Kier molecular flexibility index (Phi) is 2.54. The van der Waals surface area contributed by atoms with Crippen LogP contribution in [0.15, 0.2) is 36.7 Å². The van der Waals surface area contributed by atoms with Crippen molar-refractivity contribution >= 4 is 6.29 Å². The van der Waals surface area contributed by atoms with E-state index in [2.05, 4.69) is 9.97 Å². The van der Waals surface area contributed by atoms with E-state index in [1.807, 2.05) is 25.3 Å². The lowest BCUT2D eigenvalue weighted by atomic mass is 10.1. The molecule has 0 aliphatic heterocycles. The van der Waals surface area contributed by atoms with Gasteiger partial charge in [0.15, 0.2) is 0 Å². The van der Waals surface area contributed by atoms with Crippen molar-refractivity contribution in [2.75, 3.05) is 0 Å². The van der Waals surface area contributed by atoms with Crippen molar-refractivity contribution < 1.29 is 4.79 Å². The first kappa shape index (κ1) is 9.52. The van der Waals surface area contributed by atoms with Gasteiger partial charge in [-0.25, -0.2) is 0 Å². The van der Waals surface area contributed by atoms with E-state index in [0.29, 0.717) is 11.3 Å². The minimum Gasteiger partial charge on any atom is -0.285 e. The monoisotopic (exact) mass is 197 g/mol. The van der Waals surface area contributed by atoms with Crippen LogP contribution in [0, 0.1) is 6.92 Å². The molecule has 2 aromatic rings. The van der Waals surface area contributed by atoms with Gasteiger partial charge in [-0.1, -0.05) is 0 Å². The van der Waals surface area contributed by atoms with E-state index in [-0.39, 0.29) is 0 Å². The summed E-state index contributed by atoms with van der Waals surface area (Å²) in [5.41, 5.74) is 3.07. The van der Waals surface area contributed by atoms with Gasteiger partial charge in [0.05, 0.1) is 11.4 Å². The summed E-state index contributed by atoms with van der Waals surface area (Å²) in [7, 11) is 0. The number of hydrogen-bond acceptors (Lipinski definition) is 3. The van der Waals surface area contributed by atoms with Gasteiger partial charge in [0.25, 0.3) is 0 Å². The van der Waals surface area contributed by atoms with Crippen molar-refractivity contribution in [2.45, 2.75) is 6.92 Å². The van der Waals surface area contributed by atoms with Crippen molar-refractivity contribution in [1.82, 2.24) is 9.97 Å². The van der Waals surface area contributed by atoms with E-state index in [0.717, 1.165) is 11.3 Å². The molecule has 0 unspecified atom stereocenters. The van der Waals surface area contributed by atoms with Crippen molar-refractivity contribution in [3.05, 3.63) is 47.8 Å². The van der Waals surface area contributed by atoms with Gasteiger partial charge in [-0.2, -0.15) is 0 Å². The van der Waals surface area contributed by atoms with Crippen LogP contribution in [-0.2, 0) is 4.79 Å². The summed E-state index contributed by atoms with van der Waals surface area (Å²) in [6.45, 7) is 1.99. The largest absolute Gasteiger partial charge is 0.285 e. The highest BCUT2D eigenvalue weighted by Gasteiger charge is 2.01. The molecule has 2 aromatic heterocycles. The average Bonchev–Trinajstić information content (AvgIpc) is 2.29. The summed E-state index contributed by atoms with van der Waals surface area (Å²) in [6, 6.07) is 7.14. The van der Waals surface area contributed by atoms with Crippen LogP contribution in [0.5, 0.6) is 0 Å². The average molecular weight is 197 g/mol. The molecular weight excluding hydrogens is 188 g/mol. The zero-order valence-electron chi connectivity index (χ0n) is 8.27. The Morgan fingerprint density at radius 1 is 1.07 bits per heavy atom. The minimum absolute atomic E-state index is 0.489. The molecule has 0 fully saturated rings. The molecule has 2 heterocycles. The first-order valence-electron chi connectivity index (χ1n) is 4.57. The maximum atomic E-state index is 10.5. The summed E-state index contributed by atoms with van der Waals surface area (Å²) in [4.78, 5) is 18.8. The van der Waals surface area contributed by atoms with Crippen LogP contribution in [0.25, 0.3) is 11.4 Å². The van der Waals surface area contributed by atoms with E-state index in [4.69, 9.17) is 0 Å². The number of pyridine rings is 2. The molecule has 0 atom stereocenters. The van der Waals surface area contributed by atoms with Crippen LogP contribution in [0.4, 0.5) is 0 Å². The quantitative estimate of drug-likeness (QED) is 0.738. The van der Waals surface area contributed by atoms with Gasteiger partial charge in [0.2, 0.25) is 6.29 Å². The highest BCUT2D eigenvalue weighted by Crippen LogP contribution is 2.15. The topological polar surface area (TPSA) is 42.9 Å². The molecule has 0 bridgehead atoms. The molecule has 1 radical (unpaired) electrons. The molecule has 0 saturated carbocycles. The number of aromatic nitrogens is 2. The zero-order chi connectivity index (χ0) is 10.7. The van der Waals surface area contributed by atoms with Crippen molar-refractivity contribution in [3.63, 3.8) is 0 Å². The molecule has 3 heteroatoms. The number of nitrogens with zero attached hydrogens (tertiary/aromatic N) is 2. The SMILES string of the molecule is Cc1ccnc(-c2cc([C]=O)ccn2)c1. The molecule has 15 heavy (non-hydrogen) atoms. The van der Waals surface area contributed by atoms with Gasteiger partial charge in [-0.15, -0.1) is 0 Å². The van der Waals surface area contributed by atoms with Gasteiger partial charge in [-0.05, 0) is 36.8 Å². The highest BCUT2D eigenvalue weighted by atomic mass is 16.1. The summed E-state index contributed by atoms with van der Waals surface area (Å²) in [5.74, 6) is 0. The normalized spacial score (nSPS) is 9.93. The molecule has 0 N–H and O–H groups in total. The molecule has 0 aliphatic rings. The predicted octanol–water partition coefficient (Wildman–Crippen LogP) is 1.91. The maximum Gasteiger partial charge on any atom is 0.233 e. The van der Waals surface area contributed by atoms with E-state index >= 15 is 0 Å². The molecule has 3 nitrogen and oxygen atoms in total. The van der Waals surface area contributed by atoms with Gasteiger partial charge >= 0.3 is 0 Å². The second-order valence-electron chi connectivity index (χ2n) is 3.25. The van der Waals surface area contributed by atoms with Gasteiger partial charge in [0.1, 0.15) is 0 Å². The fraction of sp³-hybridized carbons (Fsp3) is 0.0833.